The molecule has 4 rings (SSSR count). The number of imidazole rings is 1. The van der Waals surface area contributed by atoms with Crippen molar-refractivity contribution in [1.82, 2.24) is 14.5 Å². The van der Waals surface area contributed by atoms with Crippen molar-refractivity contribution in [2.24, 2.45) is 5.92 Å². The van der Waals surface area contributed by atoms with Crippen LogP contribution in [-0.4, -0.2) is 27.5 Å². The van der Waals surface area contributed by atoms with Gasteiger partial charge in [-0.05, 0) is 56.0 Å². The zero-order valence-corrected chi connectivity index (χ0v) is 14.1. The number of benzene rings is 2. The molecule has 0 N–H and O–H groups in total. The molecule has 3 aromatic rings. The lowest BCUT2D eigenvalue weighted by molar-refractivity contribution is 0.169. The Morgan fingerprint density at radius 2 is 1.67 bits per heavy atom. The minimum atomic E-state index is 0.846. The summed E-state index contributed by atoms with van der Waals surface area (Å²) in [5, 5.41) is 0. The number of para-hydroxylation sites is 2. The van der Waals surface area contributed by atoms with E-state index >= 15 is 0 Å². The molecule has 0 radical (unpaired) electrons. The second-order valence-electron chi connectivity index (χ2n) is 6.92. The lowest BCUT2D eigenvalue weighted by atomic mass is 9.93. The molecule has 0 aliphatic carbocycles. The number of hydrogen-bond acceptors (Lipinski definition) is 2. The lowest BCUT2D eigenvalue weighted by Crippen LogP contribution is -2.33. The van der Waals surface area contributed by atoms with E-state index < -0.39 is 0 Å². The molecule has 24 heavy (non-hydrogen) atoms. The van der Waals surface area contributed by atoms with Crippen LogP contribution in [-0.2, 0) is 13.1 Å². The maximum Gasteiger partial charge on any atom is 0.0958 e. The van der Waals surface area contributed by atoms with Crippen molar-refractivity contribution in [3.63, 3.8) is 0 Å². The zero-order chi connectivity index (χ0) is 16.2. The van der Waals surface area contributed by atoms with Gasteiger partial charge in [0, 0.05) is 13.1 Å². The molecule has 1 aliphatic heterocycles. The number of aromatic nitrogens is 2. The predicted molar refractivity (Wildman–Crippen MR) is 98.8 cm³/mol. The predicted octanol–water partition coefficient (Wildman–Crippen LogP) is 4.34. The monoisotopic (exact) mass is 319 g/mol. The molecule has 124 valence electrons. The zero-order valence-electron chi connectivity index (χ0n) is 14.1. The third-order valence-electron chi connectivity index (χ3n) is 5.26. The van der Waals surface area contributed by atoms with Gasteiger partial charge in [0.25, 0.3) is 0 Å². The number of nitrogens with zero attached hydrogens (tertiary/aromatic N) is 3. The van der Waals surface area contributed by atoms with Crippen molar-refractivity contribution in [3.05, 3.63) is 66.5 Å². The number of piperidine rings is 1. The van der Waals surface area contributed by atoms with E-state index in [2.05, 4.69) is 69.0 Å². The van der Waals surface area contributed by atoms with Gasteiger partial charge in [-0.2, -0.15) is 0 Å². The van der Waals surface area contributed by atoms with Crippen molar-refractivity contribution in [2.75, 3.05) is 13.1 Å². The fourth-order valence-corrected chi connectivity index (χ4v) is 3.78. The Labute approximate surface area is 143 Å². The van der Waals surface area contributed by atoms with E-state index in [4.69, 9.17) is 0 Å². The molecule has 0 bridgehead atoms. The highest BCUT2D eigenvalue weighted by Gasteiger charge is 2.19. The van der Waals surface area contributed by atoms with E-state index in [9.17, 15) is 0 Å². The van der Waals surface area contributed by atoms with Crippen molar-refractivity contribution in [3.8, 4) is 0 Å². The van der Waals surface area contributed by atoms with Gasteiger partial charge < -0.3 is 4.57 Å². The van der Waals surface area contributed by atoms with E-state index in [1.165, 1.54) is 43.4 Å². The maximum atomic E-state index is 4.50. The normalized spacial score (nSPS) is 16.7. The van der Waals surface area contributed by atoms with Gasteiger partial charge in [-0.3, -0.25) is 4.90 Å². The summed E-state index contributed by atoms with van der Waals surface area (Å²) in [4.78, 5) is 7.09. The molecule has 0 spiro atoms. The van der Waals surface area contributed by atoms with Crippen LogP contribution in [0.25, 0.3) is 11.0 Å². The Morgan fingerprint density at radius 1 is 0.917 bits per heavy atom. The molecule has 2 heterocycles. The molecule has 1 fully saturated rings. The van der Waals surface area contributed by atoms with Gasteiger partial charge in [-0.25, -0.2) is 4.98 Å². The highest BCUT2D eigenvalue weighted by molar-refractivity contribution is 5.74. The fourth-order valence-electron chi connectivity index (χ4n) is 3.78. The van der Waals surface area contributed by atoms with Crippen LogP contribution in [0.15, 0.2) is 60.9 Å². The van der Waals surface area contributed by atoms with Gasteiger partial charge in [0.2, 0.25) is 0 Å². The second-order valence-corrected chi connectivity index (χ2v) is 6.92. The van der Waals surface area contributed by atoms with E-state index in [1.807, 2.05) is 6.33 Å². The van der Waals surface area contributed by atoms with Gasteiger partial charge in [0.05, 0.1) is 17.4 Å². The average Bonchev–Trinajstić information content (AvgIpc) is 3.05. The fraction of sp³-hybridized carbons (Fsp3) is 0.381. The minimum absolute atomic E-state index is 0.846. The Kier molecular flexibility index (Phi) is 4.61. The molecule has 0 unspecified atom stereocenters. The minimum Gasteiger partial charge on any atom is -0.331 e. The number of aryl methyl sites for hydroxylation is 1. The summed E-state index contributed by atoms with van der Waals surface area (Å²) in [6.45, 7) is 4.64. The van der Waals surface area contributed by atoms with E-state index in [1.54, 1.807) is 0 Å². The van der Waals surface area contributed by atoms with Crippen LogP contribution in [0.4, 0.5) is 0 Å². The second kappa shape index (κ2) is 7.18. The third-order valence-corrected chi connectivity index (χ3v) is 5.26. The van der Waals surface area contributed by atoms with Gasteiger partial charge in [0.1, 0.15) is 0 Å². The smallest absolute Gasteiger partial charge is 0.0958 e. The van der Waals surface area contributed by atoms with Gasteiger partial charge in [0.15, 0.2) is 0 Å². The first-order chi connectivity index (χ1) is 11.9. The highest BCUT2D eigenvalue weighted by atomic mass is 15.1. The molecule has 1 saturated heterocycles. The molecule has 1 aliphatic rings. The van der Waals surface area contributed by atoms with Crippen LogP contribution < -0.4 is 0 Å². The summed E-state index contributed by atoms with van der Waals surface area (Å²) in [5.41, 5.74) is 3.80. The van der Waals surface area contributed by atoms with E-state index in [-0.39, 0.29) is 0 Å². The van der Waals surface area contributed by atoms with Gasteiger partial charge in [-0.15, -0.1) is 0 Å². The topological polar surface area (TPSA) is 21.1 Å². The maximum absolute atomic E-state index is 4.50. The van der Waals surface area contributed by atoms with Gasteiger partial charge in [-0.1, -0.05) is 42.5 Å². The first-order valence-corrected chi connectivity index (χ1v) is 9.04. The van der Waals surface area contributed by atoms with Crippen molar-refractivity contribution >= 4 is 11.0 Å². The first-order valence-electron chi connectivity index (χ1n) is 9.04. The molecular weight excluding hydrogens is 294 g/mol. The summed E-state index contributed by atoms with van der Waals surface area (Å²) in [7, 11) is 0. The van der Waals surface area contributed by atoms with Crippen LogP contribution in [0.3, 0.4) is 0 Å². The SMILES string of the molecule is c1ccc(CN2CCC(CCn3cnc4ccccc43)CC2)cc1. The summed E-state index contributed by atoms with van der Waals surface area (Å²) < 4.78 is 2.31. The molecule has 2 aromatic carbocycles. The van der Waals surface area contributed by atoms with Crippen molar-refractivity contribution in [1.29, 1.82) is 0 Å². The Hall–Kier alpha value is -2.13. The van der Waals surface area contributed by atoms with Crippen LogP contribution >= 0.6 is 0 Å². The van der Waals surface area contributed by atoms with Crippen LogP contribution in [0.1, 0.15) is 24.8 Å². The van der Waals surface area contributed by atoms with Gasteiger partial charge >= 0.3 is 0 Å². The van der Waals surface area contributed by atoms with E-state index in [0.717, 1.165) is 24.5 Å². The number of likely N-dealkylation sites (tertiary alicyclic amines) is 1. The standard InChI is InChI=1S/C21H25N3/c1-2-6-19(7-3-1)16-23-13-10-18(11-14-23)12-15-24-17-22-20-8-4-5-9-21(20)24/h1-9,17-18H,10-16H2. The third kappa shape index (κ3) is 3.51. The Bertz CT molecular complexity index is 770. The quantitative estimate of drug-likeness (QED) is 0.697. The first kappa shape index (κ1) is 15.4. The van der Waals surface area contributed by atoms with Crippen molar-refractivity contribution < 1.29 is 0 Å². The summed E-state index contributed by atoms with van der Waals surface area (Å²) >= 11 is 0. The molecule has 1 aromatic heterocycles. The van der Waals surface area contributed by atoms with Crippen LogP contribution in [0.5, 0.6) is 0 Å². The number of fused-ring (bicyclic) bond motifs is 1. The van der Waals surface area contributed by atoms with Crippen LogP contribution in [0.2, 0.25) is 0 Å². The largest absolute Gasteiger partial charge is 0.331 e. The highest BCUT2D eigenvalue weighted by Crippen LogP contribution is 2.23. The molecule has 0 saturated carbocycles. The Balaban J connectivity index is 1.27. The van der Waals surface area contributed by atoms with Crippen molar-refractivity contribution in [2.45, 2.75) is 32.4 Å². The molecule has 0 amide bonds. The molecule has 3 heteroatoms. The summed E-state index contributed by atoms with van der Waals surface area (Å²) in [5.74, 6) is 0.846. The summed E-state index contributed by atoms with van der Waals surface area (Å²) in [6, 6.07) is 19.3. The number of hydrogen-bond donors (Lipinski definition) is 0. The number of rotatable bonds is 5. The molecule has 3 nitrogen and oxygen atoms in total. The van der Waals surface area contributed by atoms with E-state index in [0.29, 0.717) is 0 Å². The molecular formula is C21H25N3. The lowest BCUT2D eigenvalue weighted by Gasteiger charge is -2.32. The summed E-state index contributed by atoms with van der Waals surface area (Å²) in [6.07, 6.45) is 5.90. The molecule has 0 atom stereocenters. The average molecular weight is 319 g/mol. The Morgan fingerprint density at radius 3 is 2.50 bits per heavy atom. The van der Waals surface area contributed by atoms with Crippen LogP contribution in [0, 0.1) is 5.92 Å².